The Morgan fingerprint density at radius 2 is 1.81 bits per heavy atom. The van der Waals surface area contributed by atoms with Gasteiger partial charge in [0.1, 0.15) is 17.0 Å². The van der Waals surface area contributed by atoms with Crippen LogP contribution in [0.15, 0.2) is 58.2 Å². The van der Waals surface area contributed by atoms with E-state index in [1.54, 1.807) is 25.1 Å². The van der Waals surface area contributed by atoms with E-state index in [9.17, 15) is 9.59 Å². The second-order valence-corrected chi connectivity index (χ2v) is 7.07. The summed E-state index contributed by atoms with van der Waals surface area (Å²) in [6.07, 6.45) is -0.847. The third-order valence-corrected chi connectivity index (χ3v) is 4.82. The van der Waals surface area contributed by atoms with Crippen LogP contribution in [-0.2, 0) is 14.3 Å². The molecule has 1 amide bonds. The fourth-order valence-corrected chi connectivity index (χ4v) is 3.38. The van der Waals surface area contributed by atoms with Crippen LogP contribution >= 0.6 is 0 Å². The molecule has 1 aromatic heterocycles. The summed E-state index contributed by atoms with van der Waals surface area (Å²) in [5.74, 6) is 0.521. The fraction of sp³-hybridized carbons (Fsp3) is 0.217. The highest BCUT2D eigenvalue weighted by atomic mass is 16.6. The summed E-state index contributed by atoms with van der Waals surface area (Å²) in [5, 5.41) is 9.80. The zero-order valence-electron chi connectivity index (χ0n) is 18.0. The van der Waals surface area contributed by atoms with Gasteiger partial charge in [-0.2, -0.15) is 5.01 Å². The van der Waals surface area contributed by atoms with Crippen molar-refractivity contribution < 1.29 is 28.3 Å². The number of carbonyl (C=O) groups is 2. The Kier molecular flexibility index (Phi) is 5.63. The SMILES string of the molecule is COc1cc([C@H]2OC(c3c(-c4ccccc4)noc3C)=NN2C(C)=O)ccc1OC(C)=O. The number of hydrogen-bond acceptors (Lipinski definition) is 8. The van der Waals surface area contributed by atoms with Crippen molar-refractivity contribution in [3.8, 4) is 22.8 Å². The van der Waals surface area contributed by atoms with Gasteiger partial charge in [0.25, 0.3) is 0 Å². The number of amides is 1. The number of hydrogen-bond donors (Lipinski definition) is 0. The molecule has 0 bridgehead atoms. The molecule has 2 heterocycles. The Labute approximate surface area is 184 Å². The molecule has 3 aromatic rings. The number of carbonyl (C=O) groups excluding carboxylic acids is 2. The van der Waals surface area contributed by atoms with Crippen molar-refractivity contribution in [2.45, 2.75) is 27.0 Å². The number of hydrazone groups is 1. The Hall–Kier alpha value is -4.14. The molecule has 0 aliphatic carbocycles. The maximum atomic E-state index is 12.4. The van der Waals surface area contributed by atoms with E-state index in [2.05, 4.69) is 10.3 Å². The van der Waals surface area contributed by atoms with Crippen LogP contribution in [0.4, 0.5) is 0 Å². The second kappa shape index (κ2) is 8.54. The van der Waals surface area contributed by atoms with Crippen LogP contribution in [-0.4, -0.2) is 35.0 Å². The summed E-state index contributed by atoms with van der Waals surface area (Å²) in [4.78, 5) is 23.7. The summed E-state index contributed by atoms with van der Waals surface area (Å²) >= 11 is 0. The van der Waals surface area contributed by atoms with Crippen molar-refractivity contribution in [1.82, 2.24) is 10.2 Å². The highest BCUT2D eigenvalue weighted by molar-refractivity contribution is 6.02. The van der Waals surface area contributed by atoms with Gasteiger partial charge in [-0.3, -0.25) is 9.59 Å². The third-order valence-electron chi connectivity index (χ3n) is 4.82. The van der Waals surface area contributed by atoms with Gasteiger partial charge in [-0.05, 0) is 25.1 Å². The summed E-state index contributed by atoms with van der Waals surface area (Å²) in [7, 11) is 1.46. The van der Waals surface area contributed by atoms with E-state index in [0.29, 0.717) is 28.3 Å². The van der Waals surface area contributed by atoms with E-state index >= 15 is 0 Å². The highest BCUT2D eigenvalue weighted by Crippen LogP contribution is 2.37. The molecule has 164 valence electrons. The van der Waals surface area contributed by atoms with Gasteiger partial charge in [-0.1, -0.05) is 35.5 Å². The lowest BCUT2D eigenvalue weighted by molar-refractivity contribution is -0.135. The van der Waals surface area contributed by atoms with Crippen molar-refractivity contribution in [2.24, 2.45) is 5.10 Å². The van der Waals surface area contributed by atoms with Crippen molar-refractivity contribution in [3.63, 3.8) is 0 Å². The van der Waals surface area contributed by atoms with Crippen LogP contribution in [0.1, 0.15) is 37.0 Å². The van der Waals surface area contributed by atoms with Crippen molar-refractivity contribution >= 4 is 17.8 Å². The Morgan fingerprint density at radius 1 is 1.06 bits per heavy atom. The fourth-order valence-electron chi connectivity index (χ4n) is 3.38. The first-order chi connectivity index (χ1) is 15.4. The van der Waals surface area contributed by atoms with Crippen LogP contribution in [0.5, 0.6) is 11.5 Å². The van der Waals surface area contributed by atoms with Gasteiger partial charge >= 0.3 is 5.97 Å². The molecule has 2 aromatic carbocycles. The van der Waals surface area contributed by atoms with Crippen LogP contribution in [0.25, 0.3) is 11.3 Å². The molecule has 1 atom stereocenters. The van der Waals surface area contributed by atoms with E-state index < -0.39 is 12.2 Å². The molecule has 9 heteroatoms. The smallest absolute Gasteiger partial charge is 0.308 e. The highest BCUT2D eigenvalue weighted by Gasteiger charge is 2.36. The average molecular weight is 435 g/mol. The number of rotatable bonds is 5. The maximum absolute atomic E-state index is 12.4. The second-order valence-electron chi connectivity index (χ2n) is 7.07. The molecule has 0 fully saturated rings. The lowest BCUT2D eigenvalue weighted by Crippen LogP contribution is -2.25. The van der Waals surface area contributed by atoms with E-state index in [0.717, 1.165) is 5.56 Å². The topological polar surface area (TPSA) is 103 Å². The summed E-state index contributed by atoms with van der Waals surface area (Å²) in [6, 6.07) is 14.4. The van der Waals surface area contributed by atoms with Gasteiger partial charge in [-0.25, -0.2) is 0 Å². The van der Waals surface area contributed by atoms with Crippen LogP contribution < -0.4 is 9.47 Å². The van der Waals surface area contributed by atoms with E-state index in [-0.39, 0.29) is 17.6 Å². The number of nitrogens with zero attached hydrogens (tertiary/aromatic N) is 3. The predicted molar refractivity (Wildman–Crippen MR) is 114 cm³/mol. The first-order valence-electron chi connectivity index (χ1n) is 9.82. The average Bonchev–Trinajstić information content (AvgIpc) is 3.38. The molecule has 1 aliphatic rings. The largest absolute Gasteiger partial charge is 0.493 e. The maximum Gasteiger partial charge on any atom is 0.308 e. The minimum Gasteiger partial charge on any atom is -0.493 e. The monoisotopic (exact) mass is 435 g/mol. The molecule has 9 nitrogen and oxygen atoms in total. The lowest BCUT2D eigenvalue weighted by Gasteiger charge is -2.20. The molecule has 0 spiro atoms. The van der Waals surface area contributed by atoms with Crippen molar-refractivity contribution in [1.29, 1.82) is 0 Å². The molecule has 0 saturated heterocycles. The Bertz CT molecular complexity index is 1200. The molecular formula is C23H21N3O6. The standard InChI is InChI=1S/C23H21N3O6/c1-13-20(21(25-32-13)16-8-6-5-7-9-16)22-24-26(14(2)27)23(31-22)17-10-11-18(30-15(3)28)19(12-17)29-4/h5-12,23H,1-4H3/t23-/m1/s1. The molecular weight excluding hydrogens is 414 g/mol. The minimum absolute atomic E-state index is 0.214. The quantitative estimate of drug-likeness (QED) is 0.443. The number of ether oxygens (including phenoxy) is 3. The third kappa shape index (κ3) is 3.92. The van der Waals surface area contributed by atoms with Crippen LogP contribution in [0.2, 0.25) is 0 Å². The van der Waals surface area contributed by atoms with Gasteiger partial charge in [0.15, 0.2) is 11.5 Å². The van der Waals surface area contributed by atoms with Crippen LogP contribution in [0.3, 0.4) is 0 Å². The first-order valence-corrected chi connectivity index (χ1v) is 9.82. The summed E-state index contributed by atoms with van der Waals surface area (Å²) in [5.41, 5.74) is 2.54. The summed E-state index contributed by atoms with van der Waals surface area (Å²) in [6.45, 7) is 4.45. The Morgan fingerprint density at radius 3 is 2.47 bits per heavy atom. The number of esters is 1. The molecule has 1 aliphatic heterocycles. The molecule has 4 rings (SSSR count). The molecule has 0 N–H and O–H groups in total. The lowest BCUT2D eigenvalue weighted by atomic mass is 10.1. The van der Waals surface area contributed by atoms with Crippen LogP contribution in [0, 0.1) is 6.92 Å². The normalized spacial score (nSPS) is 15.2. The Balaban J connectivity index is 1.72. The van der Waals surface area contributed by atoms with Gasteiger partial charge in [-0.15, -0.1) is 5.10 Å². The van der Waals surface area contributed by atoms with Crippen molar-refractivity contribution in [2.75, 3.05) is 7.11 Å². The molecule has 0 radical (unpaired) electrons. The predicted octanol–water partition coefficient (Wildman–Crippen LogP) is 3.82. The van der Waals surface area contributed by atoms with Gasteiger partial charge in [0, 0.05) is 25.0 Å². The number of aromatic nitrogens is 1. The number of methoxy groups -OCH3 is 1. The first kappa shape index (κ1) is 21.1. The van der Waals surface area contributed by atoms with Gasteiger partial charge in [0.2, 0.25) is 18.0 Å². The van der Waals surface area contributed by atoms with Gasteiger partial charge < -0.3 is 18.7 Å². The number of aryl methyl sites for hydroxylation is 1. The number of benzene rings is 2. The molecule has 0 saturated carbocycles. The van der Waals surface area contributed by atoms with E-state index in [1.807, 2.05) is 30.3 Å². The summed E-state index contributed by atoms with van der Waals surface area (Å²) < 4.78 is 22.0. The van der Waals surface area contributed by atoms with E-state index in [4.69, 9.17) is 18.7 Å². The van der Waals surface area contributed by atoms with Crippen molar-refractivity contribution in [3.05, 3.63) is 65.4 Å². The molecule has 32 heavy (non-hydrogen) atoms. The zero-order chi connectivity index (χ0) is 22.8. The minimum atomic E-state index is -0.847. The van der Waals surface area contributed by atoms with E-state index in [1.165, 1.54) is 26.0 Å². The van der Waals surface area contributed by atoms with Gasteiger partial charge in [0.05, 0.1) is 7.11 Å². The zero-order valence-corrected chi connectivity index (χ0v) is 18.0. The molecule has 0 unspecified atom stereocenters.